The average Bonchev–Trinajstić information content (AvgIpc) is 2.76. The van der Waals surface area contributed by atoms with Crippen LogP contribution in [0.25, 0.3) is 0 Å². The van der Waals surface area contributed by atoms with Gasteiger partial charge in [-0.1, -0.05) is 12.1 Å². The molecule has 7 heteroatoms. The number of anilines is 1. The highest BCUT2D eigenvalue weighted by atomic mass is 32.1. The van der Waals surface area contributed by atoms with Crippen LogP contribution in [0.5, 0.6) is 0 Å². The molecular formula is C21H34N5OS+. The molecule has 6 nitrogen and oxygen atoms in total. The van der Waals surface area contributed by atoms with Gasteiger partial charge in [0.05, 0.1) is 25.5 Å². The van der Waals surface area contributed by atoms with E-state index in [4.69, 9.17) is 17.0 Å². The van der Waals surface area contributed by atoms with Crippen molar-refractivity contribution in [1.29, 1.82) is 0 Å². The third-order valence-electron chi connectivity index (χ3n) is 5.52. The largest absolute Gasteiger partial charge is 0.372 e. The van der Waals surface area contributed by atoms with E-state index in [1.807, 2.05) is 6.92 Å². The first-order valence-electron chi connectivity index (χ1n) is 10.6. The molecule has 0 amide bonds. The summed E-state index contributed by atoms with van der Waals surface area (Å²) in [5.74, 6) is 0. The number of nitrogens with zero attached hydrogens (tertiary/aromatic N) is 2. The normalized spacial score (nSPS) is 18.8. The summed E-state index contributed by atoms with van der Waals surface area (Å²) in [6.45, 7) is 10.4. The maximum Gasteiger partial charge on any atom is 0.186 e. The Balaban J connectivity index is 1.37. The Bertz CT molecular complexity index is 637. The summed E-state index contributed by atoms with van der Waals surface area (Å²) in [5.41, 5.74) is 6.33. The molecule has 0 bridgehead atoms. The lowest BCUT2D eigenvalue weighted by atomic mass is 10.1. The van der Waals surface area contributed by atoms with Gasteiger partial charge in [-0.15, -0.1) is 0 Å². The fourth-order valence-corrected chi connectivity index (χ4v) is 3.90. The first-order chi connectivity index (χ1) is 13.7. The number of hydrazone groups is 1. The van der Waals surface area contributed by atoms with Crippen LogP contribution in [0.15, 0.2) is 29.4 Å². The van der Waals surface area contributed by atoms with Crippen molar-refractivity contribution >= 4 is 28.7 Å². The third kappa shape index (κ3) is 6.72. The van der Waals surface area contributed by atoms with Crippen LogP contribution in [0, 0.1) is 0 Å². The fourth-order valence-electron chi connectivity index (χ4n) is 3.75. The summed E-state index contributed by atoms with van der Waals surface area (Å²) >= 11 is 5.34. The zero-order valence-corrected chi connectivity index (χ0v) is 17.8. The van der Waals surface area contributed by atoms with E-state index in [-0.39, 0.29) is 0 Å². The van der Waals surface area contributed by atoms with Gasteiger partial charge in [0.1, 0.15) is 13.1 Å². The van der Waals surface area contributed by atoms with E-state index < -0.39 is 0 Å². The lowest BCUT2D eigenvalue weighted by Crippen LogP contribution is -3.14. The van der Waals surface area contributed by atoms with E-state index in [9.17, 15) is 0 Å². The van der Waals surface area contributed by atoms with Gasteiger partial charge in [-0.05, 0) is 56.1 Å². The minimum absolute atomic E-state index is 0.585. The molecular weight excluding hydrogens is 370 g/mol. The molecule has 0 saturated carbocycles. The van der Waals surface area contributed by atoms with Gasteiger partial charge in [0, 0.05) is 31.7 Å². The molecule has 0 aromatic heterocycles. The quantitative estimate of drug-likeness (QED) is 0.276. The molecule has 0 atom stereocenters. The second-order valence-electron chi connectivity index (χ2n) is 7.63. The van der Waals surface area contributed by atoms with Crippen LogP contribution in [-0.2, 0) is 4.74 Å². The first kappa shape index (κ1) is 21.0. The van der Waals surface area contributed by atoms with Gasteiger partial charge >= 0.3 is 0 Å². The van der Waals surface area contributed by atoms with Crippen molar-refractivity contribution in [2.24, 2.45) is 5.10 Å². The molecule has 3 N–H and O–H groups in total. The predicted molar refractivity (Wildman–Crippen MR) is 119 cm³/mol. The van der Waals surface area contributed by atoms with E-state index in [1.54, 1.807) is 4.90 Å². The topological polar surface area (TPSA) is 53.3 Å². The number of thiocarbonyl (C=S) groups is 1. The van der Waals surface area contributed by atoms with Gasteiger partial charge in [-0.25, -0.2) is 0 Å². The number of ether oxygens (including phenoxy) is 1. The van der Waals surface area contributed by atoms with Crippen LogP contribution in [0.1, 0.15) is 38.2 Å². The minimum Gasteiger partial charge on any atom is -0.372 e. The molecule has 2 fully saturated rings. The van der Waals surface area contributed by atoms with E-state index in [0.717, 1.165) is 57.1 Å². The molecule has 2 saturated heterocycles. The van der Waals surface area contributed by atoms with Gasteiger partial charge in [0.2, 0.25) is 0 Å². The second kappa shape index (κ2) is 11.3. The zero-order chi connectivity index (χ0) is 19.6. The average molecular weight is 405 g/mol. The van der Waals surface area contributed by atoms with Crippen LogP contribution in [0.4, 0.5) is 5.69 Å². The second-order valence-corrected chi connectivity index (χ2v) is 8.03. The summed E-state index contributed by atoms with van der Waals surface area (Å²) < 4.78 is 5.39. The number of nitrogens with one attached hydrogen (secondary N) is 3. The number of piperidine rings is 1. The first-order valence-corrected chi connectivity index (χ1v) is 11.0. The maximum absolute atomic E-state index is 5.39. The van der Waals surface area contributed by atoms with Crippen molar-refractivity contribution in [3.05, 3.63) is 29.8 Å². The Kier molecular flexibility index (Phi) is 8.51. The fraction of sp³-hybridized carbons (Fsp3) is 0.619. The van der Waals surface area contributed by atoms with Gasteiger partial charge in [0.15, 0.2) is 5.11 Å². The van der Waals surface area contributed by atoms with E-state index in [1.165, 1.54) is 38.0 Å². The van der Waals surface area contributed by atoms with Crippen LogP contribution in [0.3, 0.4) is 0 Å². The lowest BCUT2D eigenvalue weighted by Gasteiger charge is -2.28. The Morgan fingerprint density at radius 3 is 2.57 bits per heavy atom. The molecule has 0 aliphatic carbocycles. The van der Waals surface area contributed by atoms with Crippen molar-refractivity contribution in [2.45, 2.75) is 32.6 Å². The summed E-state index contributed by atoms with van der Waals surface area (Å²) in [5, 5.41) is 8.26. The van der Waals surface area contributed by atoms with Gasteiger partial charge < -0.3 is 19.9 Å². The summed E-state index contributed by atoms with van der Waals surface area (Å²) in [4.78, 5) is 4.09. The highest BCUT2D eigenvalue weighted by molar-refractivity contribution is 7.80. The number of quaternary nitrogens is 1. The standard InChI is InChI=1S/C21H33N5OS/c1-18(19-6-8-20(9-7-19)26-12-3-2-4-13-26)23-24-21(28)22-10-5-11-25-14-16-27-17-15-25/h6-9H,2-5,10-17H2,1H3,(H2,22,24,28)/p+1/b23-18-. The van der Waals surface area contributed by atoms with Crippen molar-refractivity contribution in [2.75, 3.05) is 57.4 Å². The zero-order valence-electron chi connectivity index (χ0n) is 17.0. The Hall–Kier alpha value is -1.70. The number of rotatable bonds is 7. The molecule has 2 aliphatic heterocycles. The molecule has 0 radical (unpaired) electrons. The molecule has 0 unspecified atom stereocenters. The van der Waals surface area contributed by atoms with Crippen molar-refractivity contribution in [3.63, 3.8) is 0 Å². The molecule has 2 aliphatic rings. The molecule has 1 aromatic rings. The molecule has 2 heterocycles. The van der Waals surface area contributed by atoms with Crippen molar-refractivity contribution in [3.8, 4) is 0 Å². The minimum atomic E-state index is 0.585. The summed E-state index contributed by atoms with van der Waals surface area (Å²) in [6, 6.07) is 8.69. The van der Waals surface area contributed by atoms with Crippen LogP contribution in [-0.4, -0.2) is 63.3 Å². The van der Waals surface area contributed by atoms with Gasteiger partial charge in [0.25, 0.3) is 0 Å². The number of benzene rings is 1. The van der Waals surface area contributed by atoms with Gasteiger partial charge in [-0.2, -0.15) is 5.10 Å². The maximum atomic E-state index is 5.39. The van der Waals surface area contributed by atoms with E-state index in [0.29, 0.717) is 5.11 Å². The molecule has 0 spiro atoms. The summed E-state index contributed by atoms with van der Waals surface area (Å²) in [6.07, 6.45) is 5.04. The Morgan fingerprint density at radius 1 is 1.14 bits per heavy atom. The molecule has 1 aromatic carbocycles. The van der Waals surface area contributed by atoms with E-state index >= 15 is 0 Å². The third-order valence-corrected chi connectivity index (χ3v) is 5.76. The number of hydrogen-bond donors (Lipinski definition) is 3. The molecule has 154 valence electrons. The molecule has 28 heavy (non-hydrogen) atoms. The van der Waals surface area contributed by atoms with Crippen LogP contribution in [0.2, 0.25) is 0 Å². The Morgan fingerprint density at radius 2 is 1.86 bits per heavy atom. The summed E-state index contributed by atoms with van der Waals surface area (Å²) in [7, 11) is 0. The highest BCUT2D eigenvalue weighted by Crippen LogP contribution is 2.20. The Labute approximate surface area is 174 Å². The van der Waals surface area contributed by atoms with Crippen LogP contribution >= 0.6 is 12.2 Å². The van der Waals surface area contributed by atoms with E-state index in [2.05, 4.69) is 45.0 Å². The predicted octanol–water partition coefficient (Wildman–Crippen LogP) is 1.17. The number of hydrogen-bond acceptors (Lipinski definition) is 4. The van der Waals surface area contributed by atoms with Crippen molar-refractivity contribution < 1.29 is 9.64 Å². The van der Waals surface area contributed by atoms with Crippen molar-refractivity contribution in [1.82, 2.24) is 10.7 Å². The highest BCUT2D eigenvalue weighted by Gasteiger charge is 2.13. The monoisotopic (exact) mass is 404 g/mol. The van der Waals surface area contributed by atoms with Gasteiger partial charge in [-0.3, -0.25) is 5.43 Å². The number of morpholine rings is 1. The lowest BCUT2D eigenvalue weighted by molar-refractivity contribution is -0.908. The molecule has 3 rings (SSSR count). The SMILES string of the molecule is C/C(=N/NC(=S)NCCC[NH+]1CCOCC1)c1ccc(N2CCCCC2)cc1. The smallest absolute Gasteiger partial charge is 0.186 e. The van der Waals surface area contributed by atoms with Crippen LogP contribution < -0.4 is 20.5 Å².